The van der Waals surface area contributed by atoms with E-state index in [1.807, 2.05) is 0 Å². The number of hydrogen-bond donors (Lipinski definition) is 2. The zero-order chi connectivity index (χ0) is 24.3. The van der Waals surface area contributed by atoms with Crippen molar-refractivity contribution in [3.8, 4) is 0 Å². The van der Waals surface area contributed by atoms with Gasteiger partial charge in [-0.25, -0.2) is 13.2 Å². The second-order valence-corrected chi connectivity index (χ2v) is 10.9. The van der Waals surface area contributed by atoms with Crippen molar-refractivity contribution in [1.82, 2.24) is 0 Å². The molecule has 0 spiro atoms. The van der Waals surface area contributed by atoms with E-state index in [1.165, 1.54) is 41.7 Å². The smallest absolute Gasteiger partial charge is 0.341 e. The third-order valence-corrected chi connectivity index (χ3v) is 8.23. The maximum Gasteiger partial charge on any atom is 0.341 e. The fourth-order valence-corrected chi connectivity index (χ4v) is 6.38. The van der Waals surface area contributed by atoms with Crippen molar-refractivity contribution in [2.75, 3.05) is 16.6 Å². The second kappa shape index (κ2) is 10.2. The van der Waals surface area contributed by atoms with Gasteiger partial charge in [-0.2, -0.15) is 0 Å². The third kappa shape index (κ3) is 5.11. The summed E-state index contributed by atoms with van der Waals surface area (Å²) in [5, 5.41) is 3.48. The normalized spacial score (nSPS) is 13.1. The van der Waals surface area contributed by atoms with Gasteiger partial charge in [-0.15, -0.1) is 11.3 Å². The van der Waals surface area contributed by atoms with Gasteiger partial charge in [-0.05, 0) is 68.5 Å². The van der Waals surface area contributed by atoms with E-state index in [9.17, 15) is 18.0 Å². The summed E-state index contributed by atoms with van der Waals surface area (Å²) in [7, 11) is -3.95. The van der Waals surface area contributed by atoms with Crippen molar-refractivity contribution in [2.24, 2.45) is 0 Å². The zero-order valence-electron chi connectivity index (χ0n) is 18.4. The van der Waals surface area contributed by atoms with Gasteiger partial charge in [0, 0.05) is 9.90 Å². The number of benzene rings is 2. The molecule has 34 heavy (non-hydrogen) atoms. The molecule has 178 valence electrons. The molecule has 0 unspecified atom stereocenters. The first-order valence-corrected chi connectivity index (χ1v) is 13.5. The number of carbonyl (C=O) groups is 2. The molecule has 3 aromatic rings. The minimum Gasteiger partial charge on any atom is -0.462 e. The van der Waals surface area contributed by atoms with Crippen LogP contribution in [0.4, 0.5) is 10.7 Å². The van der Waals surface area contributed by atoms with Gasteiger partial charge in [0.2, 0.25) is 0 Å². The largest absolute Gasteiger partial charge is 0.462 e. The Hall–Kier alpha value is -2.88. The molecule has 0 fully saturated rings. The molecule has 0 bridgehead atoms. The number of esters is 1. The molecular formula is C24H23ClN2O5S2. The maximum absolute atomic E-state index is 13.3. The van der Waals surface area contributed by atoms with Crippen molar-refractivity contribution in [2.45, 2.75) is 37.5 Å². The Labute approximate surface area is 207 Å². The molecule has 1 amide bonds. The standard InChI is InChI=1S/C24H23ClN2O5S2/c1-2-32-24(29)21-18-10-6-7-11-20(18)33-23(21)26-22(28)17-13-12-15(25)14-19(17)27-34(30,31)16-8-4-3-5-9-16/h3-5,8-9,12-14,27H,2,6-7,10-11H2,1H3,(H,26,28). The monoisotopic (exact) mass is 518 g/mol. The van der Waals surface area contributed by atoms with Crippen LogP contribution in [0.3, 0.4) is 0 Å². The highest BCUT2D eigenvalue weighted by Crippen LogP contribution is 2.39. The number of anilines is 2. The van der Waals surface area contributed by atoms with E-state index in [0.717, 1.165) is 36.1 Å². The number of sulfonamides is 1. The summed E-state index contributed by atoms with van der Waals surface area (Å²) < 4.78 is 33.4. The summed E-state index contributed by atoms with van der Waals surface area (Å²) in [5.41, 5.74) is 1.42. The highest BCUT2D eigenvalue weighted by atomic mass is 35.5. The van der Waals surface area contributed by atoms with Crippen LogP contribution in [-0.2, 0) is 27.6 Å². The van der Waals surface area contributed by atoms with Crippen LogP contribution in [0.5, 0.6) is 0 Å². The number of carbonyl (C=O) groups excluding carboxylic acids is 2. The Morgan fingerprint density at radius 3 is 2.56 bits per heavy atom. The van der Waals surface area contributed by atoms with Crippen molar-refractivity contribution < 1.29 is 22.7 Å². The van der Waals surface area contributed by atoms with E-state index in [4.69, 9.17) is 16.3 Å². The van der Waals surface area contributed by atoms with E-state index in [1.54, 1.807) is 25.1 Å². The summed E-state index contributed by atoms with van der Waals surface area (Å²) >= 11 is 7.46. The lowest BCUT2D eigenvalue weighted by Gasteiger charge is -2.14. The van der Waals surface area contributed by atoms with Gasteiger partial charge in [0.05, 0.1) is 28.3 Å². The van der Waals surface area contributed by atoms with Gasteiger partial charge in [0.25, 0.3) is 15.9 Å². The Kier molecular flexibility index (Phi) is 7.25. The van der Waals surface area contributed by atoms with Crippen LogP contribution in [0, 0.1) is 0 Å². The summed E-state index contributed by atoms with van der Waals surface area (Å²) in [6.45, 7) is 1.95. The second-order valence-electron chi connectivity index (χ2n) is 7.70. The average molecular weight is 519 g/mol. The number of halogens is 1. The van der Waals surface area contributed by atoms with Gasteiger partial charge < -0.3 is 10.1 Å². The number of hydrogen-bond acceptors (Lipinski definition) is 6. The van der Waals surface area contributed by atoms with Gasteiger partial charge in [-0.3, -0.25) is 9.52 Å². The topological polar surface area (TPSA) is 102 Å². The Bertz CT molecular complexity index is 1340. The number of amides is 1. The van der Waals surface area contributed by atoms with E-state index in [2.05, 4.69) is 10.0 Å². The molecule has 0 radical (unpaired) electrons. The minimum atomic E-state index is -3.95. The molecule has 4 rings (SSSR count). The van der Waals surface area contributed by atoms with Gasteiger partial charge in [-0.1, -0.05) is 29.8 Å². The molecule has 1 heterocycles. The lowest BCUT2D eigenvalue weighted by atomic mass is 9.95. The Balaban J connectivity index is 1.68. The molecule has 0 atom stereocenters. The van der Waals surface area contributed by atoms with E-state index in [0.29, 0.717) is 10.6 Å². The lowest BCUT2D eigenvalue weighted by Crippen LogP contribution is -2.19. The summed E-state index contributed by atoms with van der Waals surface area (Å²) in [6, 6.07) is 12.1. The maximum atomic E-state index is 13.3. The van der Waals surface area contributed by atoms with Crippen LogP contribution in [0.1, 0.15) is 50.9 Å². The quantitative estimate of drug-likeness (QED) is 0.401. The fraction of sp³-hybridized carbons (Fsp3) is 0.250. The first kappa shape index (κ1) is 24.3. The van der Waals surface area contributed by atoms with E-state index >= 15 is 0 Å². The van der Waals surface area contributed by atoms with Crippen LogP contribution in [0.25, 0.3) is 0 Å². The lowest BCUT2D eigenvalue weighted by molar-refractivity contribution is 0.0526. The van der Waals surface area contributed by atoms with Crippen molar-refractivity contribution in [3.63, 3.8) is 0 Å². The van der Waals surface area contributed by atoms with Crippen LogP contribution in [-0.4, -0.2) is 26.9 Å². The predicted octanol–water partition coefficient (Wildman–Crippen LogP) is 5.51. The molecule has 10 heteroatoms. The number of rotatable bonds is 7. The summed E-state index contributed by atoms with van der Waals surface area (Å²) in [6.07, 6.45) is 3.57. The fourth-order valence-electron chi connectivity index (χ4n) is 3.85. The van der Waals surface area contributed by atoms with Gasteiger partial charge in [0.15, 0.2) is 0 Å². The number of fused-ring (bicyclic) bond motifs is 1. The first-order valence-electron chi connectivity index (χ1n) is 10.8. The minimum absolute atomic E-state index is 0.0351. The molecule has 0 saturated carbocycles. The van der Waals surface area contributed by atoms with Gasteiger partial charge >= 0.3 is 5.97 Å². The number of thiophene rings is 1. The van der Waals surface area contributed by atoms with E-state index in [-0.39, 0.29) is 27.8 Å². The Morgan fingerprint density at radius 2 is 1.82 bits per heavy atom. The van der Waals surface area contributed by atoms with Gasteiger partial charge in [0.1, 0.15) is 5.00 Å². The molecule has 1 aliphatic carbocycles. The molecule has 7 nitrogen and oxygen atoms in total. The molecule has 2 aromatic carbocycles. The molecule has 1 aliphatic rings. The zero-order valence-corrected chi connectivity index (χ0v) is 20.8. The third-order valence-electron chi connectivity index (χ3n) is 5.40. The molecule has 2 N–H and O–H groups in total. The first-order chi connectivity index (χ1) is 16.3. The number of aryl methyl sites for hydroxylation is 1. The molecule has 1 aromatic heterocycles. The highest BCUT2D eigenvalue weighted by molar-refractivity contribution is 7.92. The van der Waals surface area contributed by atoms with E-state index < -0.39 is 21.9 Å². The van der Waals surface area contributed by atoms with Crippen molar-refractivity contribution in [1.29, 1.82) is 0 Å². The number of nitrogens with one attached hydrogen (secondary N) is 2. The van der Waals surface area contributed by atoms with Crippen LogP contribution in [0.15, 0.2) is 53.4 Å². The molecule has 0 aliphatic heterocycles. The van der Waals surface area contributed by atoms with Crippen LogP contribution in [0.2, 0.25) is 5.02 Å². The summed E-state index contributed by atoms with van der Waals surface area (Å²) in [4.78, 5) is 27.1. The number of ether oxygens (including phenoxy) is 1. The molecular weight excluding hydrogens is 496 g/mol. The van der Waals surface area contributed by atoms with Crippen molar-refractivity contribution in [3.05, 3.63) is 75.1 Å². The SMILES string of the molecule is CCOC(=O)c1c(NC(=O)c2ccc(Cl)cc2NS(=O)(=O)c2ccccc2)sc2c1CCCC2. The Morgan fingerprint density at radius 1 is 1.09 bits per heavy atom. The predicted molar refractivity (Wildman–Crippen MR) is 134 cm³/mol. The average Bonchev–Trinajstić information content (AvgIpc) is 3.17. The highest BCUT2D eigenvalue weighted by Gasteiger charge is 2.28. The van der Waals surface area contributed by atoms with Crippen LogP contribution < -0.4 is 10.0 Å². The molecule has 0 saturated heterocycles. The van der Waals surface area contributed by atoms with Crippen molar-refractivity contribution >= 4 is 55.5 Å². The summed E-state index contributed by atoms with van der Waals surface area (Å²) in [5.74, 6) is -1.04. The van der Waals surface area contributed by atoms with Crippen LogP contribution >= 0.6 is 22.9 Å².